The van der Waals surface area contributed by atoms with Gasteiger partial charge in [-0.2, -0.15) is 0 Å². The number of anilines is 1. The molecule has 1 aliphatic carbocycles. The van der Waals surface area contributed by atoms with Crippen LogP contribution in [0.2, 0.25) is 0 Å². The average molecular weight is 264 g/mol. The summed E-state index contributed by atoms with van der Waals surface area (Å²) in [5, 5.41) is 2.15. The topological polar surface area (TPSA) is 81.1 Å². The summed E-state index contributed by atoms with van der Waals surface area (Å²) >= 11 is 5.99. The highest BCUT2D eigenvalue weighted by molar-refractivity contribution is 6.23. The molecule has 1 amide bonds. The molecule has 0 radical (unpaired) electrons. The van der Waals surface area contributed by atoms with E-state index < -0.39 is 11.0 Å². The summed E-state index contributed by atoms with van der Waals surface area (Å²) in [7, 11) is 0. The molecule has 1 aromatic carbocycles. The van der Waals surface area contributed by atoms with Crippen LogP contribution in [0.25, 0.3) is 0 Å². The third kappa shape index (κ3) is 2.79. The van der Waals surface area contributed by atoms with Crippen molar-refractivity contribution in [3.8, 4) is 0 Å². The number of benzene rings is 1. The summed E-state index contributed by atoms with van der Waals surface area (Å²) in [6.45, 7) is 0. The average Bonchev–Trinajstić information content (AvgIpc) is 2.34. The first-order valence-electron chi connectivity index (χ1n) is 5.48. The molecule has 0 heterocycles. The summed E-state index contributed by atoms with van der Waals surface area (Å²) in [4.78, 5) is 12.0. The van der Waals surface area contributed by atoms with Gasteiger partial charge in [-0.05, 0) is 18.2 Å². The molecule has 5 heteroatoms. The molecule has 0 spiro atoms. The highest BCUT2D eigenvalue weighted by Gasteiger charge is 2.29. The summed E-state index contributed by atoms with van der Waals surface area (Å²) in [6, 6.07) is 9.17. The van der Waals surface area contributed by atoms with E-state index in [1.807, 2.05) is 18.2 Å². The number of carbonyl (C=O) groups is 1. The second kappa shape index (κ2) is 4.94. The van der Waals surface area contributed by atoms with Gasteiger partial charge in [-0.25, -0.2) is 0 Å². The van der Waals surface area contributed by atoms with Crippen LogP contribution in [0.15, 0.2) is 54.1 Å². The molecule has 0 saturated heterocycles. The molecular formula is C13H14ClN3O. The van der Waals surface area contributed by atoms with Crippen LogP contribution in [0.1, 0.15) is 0 Å². The van der Waals surface area contributed by atoms with E-state index in [1.165, 1.54) is 6.08 Å². The van der Waals surface area contributed by atoms with Gasteiger partial charge in [0.2, 0.25) is 0 Å². The molecule has 0 bridgehead atoms. The molecule has 1 aromatic rings. The SMILES string of the molecule is NC1(N)C=CC(C(=O)Nc2ccccc2)=CC1Cl. The molecule has 0 saturated carbocycles. The number of para-hydroxylation sites is 1. The number of rotatable bonds is 2. The van der Waals surface area contributed by atoms with Gasteiger partial charge in [-0.3, -0.25) is 4.79 Å². The lowest BCUT2D eigenvalue weighted by Crippen LogP contribution is -2.55. The number of hydrogen-bond donors (Lipinski definition) is 3. The summed E-state index contributed by atoms with van der Waals surface area (Å²) in [5.74, 6) is -0.237. The van der Waals surface area contributed by atoms with Crippen molar-refractivity contribution in [2.45, 2.75) is 11.0 Å². The lowest BCUT2D eigenvalue weighted by Gasteiger charge is -2.27. The maximum atomic E-state index is 12.0. The molecule has 0 aromatic heterocycles. The number of nitrogens with one attached hydrogen (secondary N) is 1. The zero-order chi connectivity index (χ0) is 13.2. The van der Waals surface area contributed by atoms with Gasteiger partial charge < -0.3 is 16.8 Å². The quantitative estimate of drug-likeness (QED) is 0.556. The molecule has 1 aliphatic rings. The first kappa shape index (κ1) is 12.8. The number of hydrogen-bond acceptors (Lipinski definition) is 3. The van der Waals surface area contributed by atoms with Crippen LogP contribution >= 0.6 is 11.6 Å². The number of halogens is 1. The fourth-order valence-corrected chi connectivity index (χ4v) is 1.77. The van der Waals surface area contributed by atoms with Gasteiger partial charge in [0.15, 0.2) is 0 Å². The smallest absolute Gasteiger partial charge is 0.255 e. The Balaban J connectivity index is 2.10. The van der Waals surface area contributed by atoms with Crippen molar-refractivity contribution < 1.29 is 4.79 Å². The number of carbonyl (C=O) groups excluding carboxylic acids is 1. The predicted molar refractivity (Wildman–Crippen MR) is 73.0 cm³/mol. The van der Waals surface area contributed by atoms with Gasteiger partial charge in [-0.15, -0.1) is 11.6 Å². The van der Waals surface area contributed by atoms with Gasteiger partial charge in [0.1, 0.15) is 5.66 Å². The van der Waals surface area contributed by atoms with Crippen molar-refractivity contribution in [2.75, 3.05) is 5.32 Å². The lowest BCUT2D eigenvalue weighted by atomic mass is 9.97. The van der Waals surface area contributed by atoms with E-state index in [1.54, 1.807) is 24.3 Å². The van der Waals surface area contributed by atoms with Crippen molar-refractivity contribution in [1.29, 1.82) is 0 Å². The minimum absolute atomic E-state index is 0.237. The third-order valence-electron chi connectivity index (χ3n) is 2.65. The molecule has 1 unspecified atom stereocenters. The fourth-order valence-electron chi connectivity index (χ4n) is 1.56. The van der Waals surface area contributed by atoms with Crippen molar-refractivity contribution >= 4 is 23.2 Å². The second-order valence-electron chi connectivity index (χ2n) is 4.18. The van der Waals surface area contributed by atoms with Gasteiger partial charge in [-0.1, -0.05) is 30.4 Å². The van der Waals surface area contributed by atoms with Crippen LogP contribution in [0.3, 0.4) is 0 Å². The van der Waals surface area contributed by atoms with Gasteiger partial charge in [0, 0.05) is 11.3 Å². The maximum absolute atomic E-state index is 12.0. The fraction of sp³-hybridized carbons (Fsp3) is 0.154. The molecule has 5 N–H and O–H groups in total. The Bertz CT molecular complexity index is 508. The zero-order valence-corrected chi connectivity index (χ0v) is 10.4. The van der Waals surface area contributed by atoms with E-state index in [9.17, 15) is 4.79 Å². The molecule has 18 heavy (non-hydrogen) atoms. The van der Waals surface area contributed by atoms with E-state index in [2.05, 4.69) is 5.32 Å². The van der Waals surface area contributed by atoms with Crippen molar-refractivity contribution in [3.63, 3.8) is 0 Å². The van der Waals surface area contributed by atoms with Gasteiger partial charge >= 0.3 is 0 Å². The predicted octanol–water partition coefficient (Wildman–Crippen LogP) is 1.34. The van der Waals surface area contributed by atoms with Crippen LogP contribution in [-0.2, 0) is 4.79 Å². The van der Waals surface area contributed by atoms with Crippen molar-refractivity contribution in [3.05, 3.63) is 54.1 Å². The Kier molecular flexibility index (Phi) is 3.52. The van der Waals surface area contributed by atoms with E-state index in [0.29, 0.717) is 5.57 Å². The van der Waals surface area contributed by atoms with E-state index in [0.717, 1.165) is 5.69 Å². The Morgan fingerprint density at radius 3 is 2.56 bits per heavy atom. The number of alkyl halides is 1. The minimum Gasteiger partial charge on any atom is -0.322 e. The van der Waals surface area contributed by atoms with Crippen LogP contribution < -0.4 is 16.8 Å². The zero-order valence-electron chi connectivity index (χ0n) is 9.64. The van der Waals surface area contributed by atoms with Crippen LogP contribution in [0.4, 0.5) is 5.69 Å². The molecule has 1 atom stereocenters. The van der Waals surface area contributed by atoms with Crippen molar-refractivity contribution in [1.82, 2.24) is 0 Å². The van der Waals surface area contributed by atoms with Gasteiger partial charge in [0.05, 0.1) is 5.38 Å². The minimum atomic E-state index is -1.11. The summed E-state index contributed by atoms with van der Waals surface area (Å²) < 4.78 is 0. The molecular weight excluding hydrogens is 250 g/mol. The maximum Gasteiger partial charge on any atom is 0.255 e. The van der Waals surface area contributed by atoms with Gasteiger partial charge in [0.25, 0.3) is 5.91 Å². The monoisotopic (exact) mass is 263 g/mol. The largest absolute Gasteiger partial charge is 0.322 e. The van der Waals surface area contributed by atoms with Crippen LogP contribution in [-0.4, -0.2) is 16.9 Å². The second-order valence-corrected chi connectivity index (χ2v) is 4.65. The Labute approximate surface area is 110 Å². The summed E-state index contributed by atoms with van der Waals surface area (Å²) in [6.07, 6.45) is 4.67. The number of nitrogens with two attached hydrogens (primary N) is 2. The highest BCUT2D eigenvalue weighted by atomic mass is 35.5. The van der Waals surface area contributed by atoms with E-state index in [4.69, 9.17) is 23.1 Å². The third-order valence-corrected chi connectivity index (χ3v) is 3.15. The summed E-state index contributed by atoms with van der Waals surface area (Å²) in [5.41, 5.74) is 11.5. The van der Waals surface area contributed by atoms with E-state index >= 15 is 0 Å². The molecule has 0 aliphatic heterocycles. The van der Waals surface area contributed by atoms with Crippen LogP contribution in [0.5, 0.6) is 0 Å². The molecule has 0 fully saturated rings. The highest BCUT2D eigenvalue weighted by Crippen LogP contribution is 2.21. The first-order valence-corrected chi connectivity index (χ1v) is 5.92. The molecule has 2 rings (SSSR count). The lowest BCUT2D eigenvalue weighted by molar-refractivity contribution is -0.112. The van der Waals surface area contributed by atoms with Crippen LogP contribution in [0, 0.1) is 0 Å². The normalized spacial score (nSPS) is 21.3. The first-order chi connectivity index (χ1) is 8.49. The Morgan fingerprint density at radius 1 is 1.28 bits per heavy atom. The van der Waals surface area contributed by atoms with E-state index in [-0.39, 0.29) is 5.91 Å². The Morgan fingerprint density at radius 2 is 1.94 bits per heavy atom. The van der Waals surface area contributed by atoms with Crippen molar-refractivity contribution in [2.24, 2.45) is 11.5 Å². The standard InChI is InChI=1S/C13H14ClN3O/c14-11-8-9(6-7-13(11,15)16)12(18)17-10-4-2-1-3-5-10/h1-8,11H,15-16H2,(H,17,18). The molecule has 94 valence electrons. The number of amides is 1. The molecule has 4 nitrogen and oxygen atoms in total. The Hall–Kier alpha value is -1.62.